The third-order valence-corrected chi connectivity index (χ3v) is 2.92. The van der Waals surface area contributed by atoms with E-state index < -0.39 is 0 Å². The van der Waals surface area contributed by atoms with Crippen LogP contribution in [0.5, 0.6) is 5.75 Å². The molecule has 0 unspecified atom stereocenters. The van der Waals surface area contributed by atoms with Crippen molar-refractivity contribution in [1.29, 1.82) is 0 Å². The molecule has 0 saturated carbocycles. The lowest BCUT2D eigenvalue weighted by Gasteiger charge is -2.23. The van der Waals surface area contributed by atoms with Gasteiger partial charge in [0.15, 0.2) is 0 Å². The molecular weight excluding hydrogens is 186 g/mol. The van der Waals surface area contributed by atoms with E-state index in [-0.39, 0.29) is 6.04 Å². The number of nitrogens with two attached hydrogens (primary N) is 1. The zero-order valence-corrected chi connectivity index (χ0v) is 8.44. The Hall–Kier alpha value is -1.54. The second-order valence-electron chi connectivity index (χ2n) is 4.04. The highest BCUT2D eigenvalue weighted by Crippen LogP contribution is 2.31. The van der Waals surface area contributed by atoms with Crippen molar-refractivity contribution in [3.05, 3.63) is 42.0 Å². The molecule has 0 aliphatic carbocycles. The number of hydrogen-bond donors (Lipinski definition) is 1. The molecule has 0 bridgehead atoms. The molecule has 3 rings (SSSR count). The lowest BCUT2D eigenvalue weighted by atomic mass is 9.96. The van der Waals surface area contributed by atoms with Gasteiger partial charge in [0.1, 0.15) is 12.4 Å². The van der Waals surface area contributed by atoms with E-state index in [0.29, 0.717) is 6.61 Å². The monoisotopic (exact) mass is 199 g/mol. The lowest BCUT2D eigenvalue weighted by molar-refractivity contribution is 0.264. The Morgan fingerprint density at radius 2 is 2.00 bits per heavy atom. The van der Waals surface area contributed by atoms with Gasteiger partial charge in [-0.25, -0.2) is 0 Å². The lowest BCUT2D eigenvalue weighted by Crippen LogP contribution is -2.33. The Bertz CT molecular complexity index is 507. The Kier molecular flexibility index (Phi) is 1.89. The normalized spacial score (nSPS) is 19.7. The van der Waals surface area contributed by atoms with Crippen LogP contribution in [-0.4, -0.2) is 12.6 Å². The highest BCUT2D eigenvalue weighted by atomic mass is 16.5. The van der Waals surface area contributed by atoms with Crippen molar-refractivity contribution in [2.24, 2.45) is 5.73 Å². The van der Waals surface area contributed by atoms with Crippen molar-refractivity contribution in [3.8, 4) is 5.75 Å². The minimum atomic E-state index is 0.128. The fourth-order valence-corrected chi connectivity index (χ4v) is 2.18. The maximum absolute atomic E-state index is 5.92. The van der Waals surface area contributed by atoms with Gasteiger partial charge in [-0.15, -0.1) is 0 Å². The summed E-state index contributed by atoms with van der Waals surface area (Å²) >= 11 is 0. The number of ether oxygens (including phenoxy) is 1. The van der Waals surface area contributed by atoms with Crippen LogP contribution in [-0.2, 0) is 6.42 Å². The van der Waals surface area contributed by atoms with Crippen LogP contribution in [0.4, 0.5) is 0 Å². The second-order valence-corrected chi connectivity index (χ2v) is 4.04. The molecule has 15 heavy (non-hydrogen) atoms. The van der Waals surface area contributed by atoms with Gasteiger partial charge in [0, 0.05) is 11.6 Å². The largest absolute Gasteiger partial charge is 0.492 e. The number of benzene rings is 2. The zero-order valence-electron chi connectivity index (χ0n) is 8.44. The van der Waals surface area contributed by atoms with Crippen molar-refractivity contribution in [2.75, 3.05) is 6.61 Å². The van der Waals surface area contributed by atoms with E-state index >= 15 is 0 Å². The van der Waals surface area contributed by atoms with Crippen LogP contribution in [0.1, 0.15) is 5.56 Å². The minimum Gasteiger partial charge on any atom is -0.492 e. The van der Waals surface area contributed by atoms with Gasteiger partial charge in [-0.3, -0.25) is 0 Å². The third kappa shape index (κ3) is 1.38. The van der Waals surface area contributed by atoms with E-state index in [4.69, 9.17) is 10.5 Å². The molecule has 1 aliphatic rings. The standard InChI is InChI=1S/C13H13NO/c14-10-7-12-11-4-2-1-3-9(11)5-6-13(12)15-8-10/h1-6,10H,7-8,14H2/t10-/m0/s1. The third-order valence-electron chi connectivity index (χ3n) is 2.92. The summed E-state index contributed by atoms with van der Waals surface area (Å²) in [7, 11) is 0. The van der Waals surface area contributed by atoms with Gasteiger partial charge < -0.3 is 10.5 Å². The summed E-state index contributed by atoms with van der Waals surface area (Å²) in [6, 6.07) is 12.6. The van der Waals surface area contributed by atoms with Gasteiger partial charge >= 0.3 is 0 Å². The first-order valence-electron chi connectivity index (χ1n) is 5.23. The number of hydrogen-bond acceptors (Lipinski definition) is 2. The van der Waals surface area contributed by atoms with Gasteiger partial charge in [-0.1, -0.05) is 30.3 Å². The molecule has 1 aliphatic heterocycles. The second kappa shape index (κ2) is 3.24. The Balaban J connectivity index is 2.28. The van der Waals surface area contributed by atoms with E-state index in [1.807, 2.05) is 6.07 Å². The van der Waals surface area contributed by atoms with Crippen molar-refractivity contribution < 1.29 is 4.74 Å². The van der Waals surface area contributed by atoms with E-state index in [9.17, 15) is 0 Å². The number of fused-ring (bicyclic) bond motifs is 3. The molecule has 1 heterocycles. The number of rotatable bonds is 0. The van der Waals surface area contributed by atoms with Crippen LogP contribution >= 0.6 is 0 Å². The fourth-order valence-electron chi connectivity index (χ4n) is 2.18. The van der Waals surface area contributed by atoms with E-state index in [1.54, 1.807) is 0 Å². The highest BCUT2D eigenvalue weighted by Gasteiger charge is 2.18. The van der Waals surface area contributed by atoms with Crippen LogP contribution in [0.25, 0.3) is 10.8 Å². The molecule has 2 aromatic carbocycles. The summed E-state index contributed by atoms with van der Waals surface area (Å²) in [5, 5.41) is 2.53. The summed E-state index contributed by atoms with van der Waals surface area (Å²) in [6.07, 6.45) is 0.913. The van der Waals surface area contributed by atoms with Crippen molar-refractivity contribution in [3.63, 3.8) is 0 Å². The van der Waals surface area contributed by atoms with Gasteiger partial charge in [0.05, 0.1) is 0 Å². The maximum Gasteiger partial charge on any atom is 0.123 e. The van der Waals surface area contributed by atoms with Gasteiger partial charge in [-0.2, -0.15) is 0 Å². The predicted molar refractivity (Wildman–Crippen MR) is 61.1 cm³/mol. The van der Waals surface area contributed by atoms with E-state index in [2.05, 4.69) is 30.3 Å². The molecule has 1 atom stereocenters. The summed E-state index contributed by atoms with van der Waals surface area (Å²) in [5.41, 5.74) is 7.17. The van der Waals surface area contributed by atoms with Crippen molar-refractivity contribution >= 4 is 10.8 Å². The molecule has 2 nitrogen and oxygen atoms in total. The zero-order chi connectivity index (χ0) is 10.3. The topological polar surface area (TPSA) is 35.2 Å². The van der Waals surface area contributed by atoms with Crippen LogP contribution in [0.15, 0.2) is 36.4 Å². The maximum atomic E-state index is 5.92. The molecule has 0 saturated heterocycles. The van der Waals surface area contributed by atoms with Gasteiger partial charge in [-0.05, 0) is 23.3 Å². The average Bonchev–Trinajstić information content (AvgIpc) is 2.29. The van der Waals surface area contributed by atoms with E-state index in [1.165, 1.54) is 16.3 Å². The van der Waals surface area contributed by atoms with Crippen LogP contribution < -0.4 is 10.5 Å². The minimum absolute atomic E-state index is 0.128. The Morgan fingerprint density at radius 1 is 1.13 bits per heavy atom. The molecular formula is C13H13NO. The van der Waals surface area contributed by atoms with Gasteiger partial charge in [0.2, 0.25) is 0 Å². The Labute approximate surface area is 88.7 Å². The first-order valence-corrected chi connectivity index (χ1v) is 5.23. The molecule has 76 valence electrons. The Morgan fingerprint density at radius 3 is 2.93 bits per heavy atom. The molecule has 0 spiro atoms. The average molecular weight is 199 g/mol. The smallest absolute Gasteiger partial charge is 0.123 e. The first kappa shape index (κ1) is 8.74. The molecule has 2 N–H and O–H groups in total. The van der Waals surface area contributed by atoms with E-state index in [0.717, 1.165) is 12.2 Å². The SMILES string of the molecule is N[C@@H]1COc2ccc3ccccc3c2C1. The molecule has 2 aromatic rings. The molecule has 0 radical (unpaired) electrons. The fraction of sp³-hybridized carbons (Fsp3) is 0.231. The predicted octanol–water partition coefficient (Wildman–Crippen LogP) is 2.10. The highest BCUT2D eigenvalue weighted by molar-refractivity contribution is 5.88. The summed E-state index contributed by atoms with van der Waals surface area (Å²) < 4.78 is 5.62. The quantitative estimate of drug-likeness (QED) is 0.705. The molecule has 0 amide bonds. The summed E-state index contributed by atoms with van der Waals surface area (Å²) in [4.78, 5) is 0. The van der Waals surface area contributed by atoms with Crippen LogP contribution in [0.2, 0.25) is 0 Å². The summed E-state index contributed by atoms with van der Waals surface area (Å²) in [6.45, 7) is 0.630. The van der Waals surface area contributed by atoms with Crippen LogP contribution in [0, 0.1) is 0 Å². The van der Waals surface area contributed by atoms with Crippen LogP contribution in [0.3, 0.4) is 0 Å². The van der Waals surface area contributed by atoms with Crippen molar-refractivity contribution in [2.45, 2.75) is 12.5 Å². The first-order chi connectivity index (χ1) is 7.34. The summed E-state index contributed by atoms with van der Waals surface area (Å²) in [5.74, 6) is 0.996. The molecule has 2 heteroatoms. The molecule has 0 aromatic heterocycles. The molecule has 0 fully saturated rings. The van der Waals surface area contributed by atoms with Crippen molar-refractivity contribution in [1.82, 2.24) is 0 Å². The van der Waals surface area contributed by atoms with Gasteiger partial charge in [0.25, 0.3) is 0 Å².